The van der Waals surface area contributed by atoms with Crippen LogP contribution in [0.25, 0.3) is 0 Å². The molecule has 0 spiro atoms. The highest BCUT2D eigenvalue weighted by Crippen LogP contribution is 2.38. The molecule has 0 fully saturated rings. The maximum atomic E-state index is 12.4. The van der Waals surface area contributed by atoms with Crippen LogP contribution >= 0.6 is 11.6 Å². The zero-order chi connectivity index (χ0) is 20.3. The van der Waals surface area contributed by atoms with Crippen LogP contribution in [0, 0.1) is 0 Å². The fourth-order valence-corrected chi connectivity index (χ4v) is 3.11. The second-order valence-corrected chi connectivity index (χ2v) is 6.40. The number of benzene rings is 1. The van der Waals surface area contributed by atoms with Crippen molar-refractivity contribution in [3.63, 3.8) is 0 Å². The molecular weight excluding hydrogens is 392 g/mol. The van der Waals surface area contributed by atoms with Crippen LogP contribution in [0.2, 0.25) is 5.02 Å². The largest absolute Gasteiger partial charge is 0.486 e. The highest BCUT2D eigenvalue weighted by Gasteiger charge is 2.30. The highest BCUT2D eigenvalue weighted by molar-refractivity contribution is 6.32. The molecule has 10 heteroatoms. The third-order valence-electron chi connectivity index (χ3n) is 4.05. The number of ether oxygens (including phenoxy) is 4. The standard InChI is InChI=1S/C18H19ClN2O7/c1-3-25-17(23)14-9(2)20-18(24)21-12(14)8-28-16(22)10-6-11(19)15-13(7-10)26-4-5-27-15/h6-7,9H,3-5,8H2,1-2H3,(H2,20,21,24)/t9-/m1/s1. The first-order valence-corrected chi connectivity index (χ1v) is 9.02. The van der Waals surface area contributed by atoms with Crippen LogP contribution in [-0.4, -0.2) is 50.4 Å². The molecule has 2 heterocycles. The normalized spacial score (nSPS) is 18.1. The van der Waals surface area contributed by atoms with Gasteiger partial charge in [0.1, 0.15) is 19.8 Å². The number of fused-ring (bicyclic) bond motifs is 1. The van der Waals surface area contributed by atoms with Gasteiger partial charge in [-0.3, -0.25) is 0 Å². The lowest BCUT2D eigenvalue weighted by molar-refractivity contribution is -0.139. The minimum Gasteiger partial charge on any atom is -0.486 e. The van der Waals surface area contributed by atoms with Crippen LogP contribution in [0.1, 0.15) is 24.2 Å². The number of amides is 2. The zero-order valence-electron chi connectivity index (χ0n) is 15.3. The first-order valence-electron chi connectivity index (χ1n) is 8.64. The molecule has 0 unspecified atom stereocenters. The summed E-state index contributed by atoms with van der Waals surface area (Å²) < 4.78 is 21.1. The van der Waals surface area contributed by atoms with Gasteiger partial charge < -0.3 is 29.6 Å². The summed E-state index contributed by atoms with van der Waals surface area (Å²) in [5, 5.41) is 5.27. The van der Waals surface area contributed by atoms with E-state index in [0.29, 0.717) is 24.7 Å². The van der Waals surface area contributed by atoms with Gasteiger partial charge in [-0.1, -0.05) is 11.6 Å². The molecule has 0 radical (unpaired) electrons. The number of hydrogen-bond donors (Lipinski definition) is 2. The molecule has 1 atom stereocenters. The van der Waals surface area contributed by atoms with E-state index in [1.54, 1.807) is 13.8 Å². The molecule has 0 saturated heterocycles. The molecular formula is C18H19ClN2O7. The second-order valence-electron chi connectivity index (χ2n) is 5.99. The molecule has 9 nitrogen and oxygen atoms in total. The van der Waals surface area contributed by atoms with Crippen molar-refractivity contribution < 1.29 is 33.3 Å². The van der Waals surface area contributed by atoms with Crippen molar-refractivity contribution in [2.75, 3.05) is 26.4 Å². The van der Waals surface area contributed by atoms with E-state index in [2.05, 4.69) is 10.6 Å². The summed E-state index contributed by atoms with van der Waals surface area (Å²) in [6, 6.07) is 1.77. The summed E-state index contributed by atoms with van der Waals surface area (Å²) in [6.07, 6.45) is 0. The average molecular weight is 411 g/mol. The minimum atomic E-state index is -0.699. The van der Waals surface area contributed by atoms with Crippen LogP contribution < -0.4 is 20.1 Å². The summed E-state index contributed by atoms with van der Waals surface area (Å²) in [5.74, 6) is -0.580. The van der Waals surface area contributed by atoms with Crippen molar-refractivity contribution in [3.05, 3.63) is 34.0 Å². The summed E-state index contributed by atoms with van der Waals surface area (Å²) in [7, 11) is 0. The predicted molar refractivity (Wildman–Crippen MR) is 97.5 cm³/mol. The van der Waals surface area contributed by atoms with Crippen molar-refractivity contribution in [1.29, 1.82) is 0 Å². The first kappa shape index (κ1) is 19.8. The maximum absolute atomic E-state index is 12.4. The second kappa shape index (κ2) is 8.39. The van der Waals surface area contributed by atoms with Crippen LogP contribution in [0.5, 0.6) is 11.5 Å². The first-order chi connectivity index (χ1) is 13.4. The maximum Gasteiger partial charge on any atom is 0.338 e. The lowest BCUT2D eigenvalue weighted by Crippen LogP contribution is -2.50. The molecule has 0 bridgehead atoms. The summed E-state index contributed by atoms with van der Waals surface area (Å²) in [6.45, 7) is 3.86. The van der Waals surface area contributed by atoms with Gasteiger partial charge in [0.2, 0.25) is 0 Å². The van der Waals surface area contributed by atoms with Gasteiger partial charge in [-0.25, -0.2) is 14.4 Å². The van der Waals surface area contributed by atoms with Gasteiger partial charge in [-0.05, 0) is 26.0 Å². The van der Waals surface area contributed by atoms with E-state index in [1.165, 1.54) is 12.1 Å². The number of nitrogens with one attached hydrogen (secondary N) is 2. The summed E-state index contributed by atoms with van der Waals surface area (Å²) in [5.41, 5.74) is 0.502. The molecule has 0 aromatic heterocycles. The summed E-state index contributed by atoms with van der Waals surface area (Å²) >= 11 is 6.13. The van der Waals surface area contributed by atoms with E-state index in [9.17, 15) is 14.4 Å². The van der Waals surface area contributed by atoms with E-state index < -0.39 is 24.0 Å². The number of esters is 2. The Morgan fingerprint density at radius 2 is 1.96 bits per heavy atom. The Balaban J connectivity index is 1.78. The molecule has 2 amide bonds. The quantitative estimate of drug-likeness (QED) is 0.711. The number of carbonyl (C=O) groups excluding carboxylic acids is 3. The van der Waals surface area contributed by atoms with Crippen molar-refractivity contribution in [3.8, 4) is 11.5 Å². The summed E-state index contributed by atoms with van der Waals surface area (Å²) in [4.78, 5) is 36.4. The van der Waals surface area contributed by atoms with Crippen LogP contribution in [0.3, 0.4) is 0 Å². The zero-order valence-corrected chi connectivity index (χ0v) is 16.1. The Labute approximate surface area is 165 Å². The minimum absolute atomic E-state index is 0.154. The van der Waals surface area contributed by atoms with E-state index >= 15 is 0 Å². The van der Waals surface area contributed by atoms with Gasteiger partial charge in [0.15, 0.2) is 11.5 Å². The molecule has 2 aliphatic heterocycles. The SMILES string of the molecule is CCOC(=O)C1=C(COC(=O)c2cc(Cl)c3c(c2)OCCO3)NC(=O)N[C@@H]1C. The van der Waals surface area contributed by atoms with Gasteiger partial charge in [0, 0.05) is 0 Å². The van der Waals surface area contributed by atoms with Gasteiger partial charge in [-0.15, -0.1) is 0 Å². The van der Waals surface area contributed by atoms with Gasteiger partial charge in [0.05, 0.1) is 34.5 Å². The Hall–Kier alpha value is -2.94. The number of hydrogen-bond acceptors (Lipinski definition) is 7. The fraction of sp³-hybridized carbons (Fsp3) is 0.389. The van der Waals surface area contributed by atoms with Crippen LogP contribution in [0.15, 0.2) is 23.4 Å². The van der Waals surface area contributed by atoms with Gasteiger partial charge >= 0.3 is 18.0 Å². The van der Waals surface area contributed by atoms with E-state index in [1.807, 2.05) is 0 Å². The van der Waals surface area contributed by atoms with Crippen molar-refractivity contribution in [2.45, 2.75) is 19.9 Å². The number of urea groups is 1. The lowest BCUT2D eigenvalue weighted by atomic mass is 10.0. The molecule has 3 rings (SSSR count). The van der Waals surface area contributed by atoms with Crippen molar-refractivity contribution in [1.82, 2.24) is 10.6 Å². The lowest BCUT2D eigenvalue weighted by Gasteiger charge is -2.26. The predicted octanol–water partition coefficient (Wildman–Crippen LogP) is 1.79. The van der Waals surface area contributed by atoms with Crippen LogP contribution in [0.4, 0.5) is 4.79 Å². The molecule has 0 aliphatic carbocycles. The molecule has 1 aromatic carbocycles. The number of carbonyl (C=O) groups is 3. The Bertz CT molecular complexity index is 853. The Kier molecular flexibility index (Phi) is 5.93. The van der Waals surface area contributed by atoms with Gasteiger partial charge in [-0.2, -0.15) is 0 Å². The van der Waals surface area contributed by atoms with Crippen molar-refractivity contribution >= 4 is 29.6 Å². The topological polar surface area (TPSA) is 112 Å². The Morgan fingerprint density at radius 1 is 1.21 bits per heavy atom. The fourth-order valence-electron chi connectivity index (χ4n) is 2.84. The smallest absolute Gasteiger partial charge is 0.338 e. The number of rotatable bonds is 5. The molecule has 28 heavy (non-hydrogen) atoms. The third-order valence-corrected chi connectivity index (χ3v) is 4.33. The van der Waals surface area contributed by atoms with E-state index in [0.717, 1.165) is 0 Å². The van der Waals surface area contributed by atoms with E-state index in [4.69, 9.17) is 30.5 Å². The molecule has 1 aromatic rings. The Morgan fingerprint density at radius 3 is 2.71 bits per heavy atom. The van der Waals surface area contributed by atoms with Crippen molar-refractivity contribution in [2.24, 2.45) is 0 Å². The average Bonchev–Trinajstić information content (AvgIpc) is 2.65. The number of halogens is 1. The molecule has 2 N–H and O–H groups in total. The molecule has 150 valence electrons. The van der Waals surface area contributed by atoms with Gasteiger partial charge in [0.25, 0.3) is 0 Å². The highest BCUT2D eigenvalue weighted by atomic mass is 35.5. The van der Waals surface area contributed by atoms with E-state index in [-0.39, 0.29) is 35.1 Å². The monoisotopic (exact) mass is 410 g/mol. The third kappa shape index (κ3) is 4.14. The molecule has 2 aliphatic rings. The van der Waals surface area contributed by atoms with Crippen LogP contribution in [-0.2, 0) is 14.3 Å². The molecule has 0 saturated carbocycles.